The number of carbonyl (C=O) groups is 2. The van der Waals surface area contributed by atoms with Crippen molar-refractivity contribution >= 4 is 11.8 Å². The van der Waals surface area contributed by atoms with E-state index in [4.69, 9.17) is 0 Å². The summed E-state index contributed by atoms with van der Waals surface area (Å²) in [4.78, 5) is 27.4. The monoisotopic (exact) mass is 331 g/mol. The van der Waals surface area contributed by atoms with Crippen LogP contribution in [0, 0.1) is 0 Å². The number of aromatic nitrogens is 1. The standard InChI is InChI=1S/C14H16F3N3O3/c15-14(16,17)8-23-11-5-4-9(7-19-11)12(21)20-10-3-1-2-6-18-13(10)22/h4-5,7,10H,1-3,6,8H2,(H,18,22)(H,20,21)/t10-/m1/s1. The number of ether oxygens (including phenoxy) is 1. The van der Waals surface area contributed by atoms with Gasteiger partial charge in [-0.3, -0.25) is 9.59 Å². The Morgan fingerprint density at radius 1 is 1.39 bits per heavy atom. The Hall–Kier alpha value is -2.32. The number of nitrogens with one attached hydrogen (secondary N) is 2. The summed E-state index contributed by atoms with van der Waals surface area (Å²) in [6.07, 6.45) is -1.14. The second-order valence-electron chi connectivity index (χ2n) is 5.10. The maximum absolute atomic E-state index is 12.0. The Kier molecular flexibility index (Phi) is 5.41. The SMILES string of the molecule is O=C(N[C@@H]1CCCCNC1=O)c1ccc(OCC(F)(F)F)nc1. The molecule has 1 aromatic rings. The van der Waals surface area contributed by atoms with E-state index in [1.807, 2.05) is 0 Å². The first-order valence-electron chi connectivity index (χ1n) is 7.09. The summed E-state index contributed by atoms with van der Waals surface area (Å²) in [5.41, 5.74) is 0.140. The van der Waals surface area contributed by atoms with E-state index in [1.165, 1.54) is 12.1 Å². The number of carbonyl (C=O) groups excluding carboxylic acids is 2. The minimum atomic E-state index is -4.45. The van der Waals surface area contributed by atoms with Gasteiger partial charge in [-0.2, -0.15) is 13.2 Å². The van der Waals surface area contributed by atoms with Crippen molar-refractivity contribution in [2.75, 3.05) is 13.2 Å². The van der Waals surface area contributed by atoms with Crippen LogP contribution in [0.15, 0.2) is 18.3 Å². The van der Waals surface area contributed by atoms with Crippen LogP contribution in [0.25, 0.3) is 0 Å². The molecule has 2 heterocycles. The highest BCUT2D eigenvalue weighted by Gasteiger charge is 2.28. The van der Waals surface area contributed by atoms with Gasteiger partial charge in [-0.1, -0.05) is 0 Å². The van der Waals surface area contributed by atoms with Crippen LogP contribution in [0.1, 0.15) is 29.6 Å². The number of hydrogen-bond donors (Lipinski definition) is 2. The van der Waals surface area contributed by atoms with Crippen molar-refractivity contribution in [3.05, 3.63) is 23.9 Å². The van der Waals surface area contributed by atoms with Gasteiger partial charge in [0.05, 0.1) is 5.56 Å². The lowest BCUT2D eigenvalue weighted by Gasteiger charge is -2.15. The largest absolute Gasteiger partial charge is 0.468 e. The molecule has 23 heavy (non-hydrogen) atoms. The number of amides is 2. The Morgan fingerprint density at radius 3 is 2.83 bits per heavy atom. The lowest BCUT2D eigenvalue weighted by Crippen LogP contribution is -2.45. The van der Waals surface area contributed by atoms with Gasteiger partial charge in [-0.15, -0.1) is 0 Å². The molecule has 126 valence electrons. The normalized spacial score (nSPS) is 18.7. The van der Waals surface area contributed by atoms with E-state index >= 15 is 0 Å². The number of pyridine rings is 1. The highest BCUT2D eigenvalue weighted by atomic mass is 19.4. The van der Waals surface area contributed by atoms with Gasteiger partial charge in [0.2, 0.25) is 11.8 Å². The fourth-order valence-corrected chi connectivity index (χ4v) is 2.07. The quantitative estimate of drug-likeness (QED) is 0.874. The van der Waals surface area contributed by atoms with Gasteiger partial charge in [0.15, 0.2) is 6.61 Å². The zero-order valence-electron chi connectivity index (χ0n) is 12.2. The first-order chi connectivity index (χ1) is 10.8. The lowest BCUT2D eigenvalue weighted by atomic mass is 10.1. The fourth-order valence-electron chi connectivity index (χ4n) is 2.07. The second kappa shape index (κ2) is 7.30. The van der Waals surface area contributed by atoms with E-state index < -0.39 is 24.7 Å². The molecule has 2 rings (SSSR count). The van der Waals surface area contributed by atoms with Crippen LogP contribution < -0.4 is 15.4 Å². The highest BCUT2D eigenvalue weighted by Crippen LogP contribution is 2.17. The van der Waals surface area contributed by atoms with Gasteiger partial charge in [-0.05, 0) is 25.3 Å². The molecule has 1 aromatic heterocycles. The van der Waals surface area contributed by atoms with Gasteiger partial charge in [-0.25, -0.2) is 4.98 Å². The minimum Gasteiger partial charge on any atom is -0.468 e. The van der Waals surface area contributed by atoms with Crippen LogP contribution in [0.5, 0.6) is 5.88 Å². The molecule has 2 amide bonds. The van der Waals surface area contributed by atoms with Crippen molar-refractivity contribution < 1.29 is 27.5 Å². The zero-order valence-corrected chi connectivity index (χ0v) is 12.2. The van der Waals surface area contributed by atoms with E-state index in [-0.39, 0.29) is 17.4 Å². The Morgan fingerprint density at radius 2 is 2.17 bits per heavy atom. The lowest BCUT2D eigenvalue weighted by molar-refractivity contribution is -0.154. The van der Waals surface area contributed by atoms with Crippen LogP contribution >= 0.6 is 0 Å². The molecular formula is C14H16F3N3O3. The number of halogens is 3. The molecule has 2 N–H and O–H groups in total. The van der Waals surface area contributed by atoms with E-state index in [0.717, 1.165) is 19.0 Å². The molecule has 1 aliphatic heterocycles. The van der Waals surface area contributed by atoms with Crippen molar-refractivity contribution in [3.63, 3.8) is 0 Å². The van der Waals surface area contributed by atoms with Crippen molar-refractivity contribution in [1.82, 2.24) is 15.6 Å². The van der Waals surface area contributed by atoms with Crippen LogP contribution in [-0.2, 0) is 4.79 Å². The predicted octanol–water partition coefficient (Wildman–Crippen LogP) is 1.42. The first kappa shape index (κ1) is 17.0. The molecule has 0 unspecified atom stereocenters. The maximum atomic E-state index is 12.0. The zero-order chi connectivity index (χ0) is 16.9. The Balaban J connectivity index is 1.93. The molecule has 9 heteroatoms. The molecule has 0 aromatic carbocycles. The molecule has 1 fully saturated rings. The van der Waals surface area contributed by atoms with Gasteiger partial charge in [0, 0.05) is 18.8 Å². The number of alkyl halides is 3. The van der Waals surface area contributed by atoms with Crippen LogP contribution in [0.4, 0.5) is 13.2 Å². The van der Waals surface area contributed by atoms with Gasteiger partial charge < -0.3 is 15.4 Å². The fraction of sp³-hybridized carbons (Fsp3) is 0.500. The van der Waals surface area contributed by atoms with E-state index in [9.17, 15) is 22.8 Å². The molecule has 0 saturated carbocycles. The molecule has 1 saturated heterocycles. The summed E-state index contributed by atoms with van der Waals surface area (Å²) in [6, 6.07) is 1.85. The van der Waals surface area contributed by atoms with Crippen LogP contribution in [0.3, 0.4) is 0 Å². The van der Waals surface area contributed by atoms with Crippen LogP contribution in [0.2, 0.25) is 0 Å². The third-order valence-corrected chi connectivity index (χ3v) is 3.22. The summed E-state index contributed by atoms with van der Waals surface area (Å²) in [6.45, 7) is -0.869. The molecular weight excluding hydrogens is 315 g/mol. The molecule has 0 spiro atoms. The maximum Gasteiger partial charge on any atom is 0.422 e. The minimum absolute atomic E-state index is 0.140. The summed E-state index contributed by atoms with van der Waals surface area (Å²) in [7, 11) is 0. The average molecular weight is 331 g/mol. The van der Waals surface area contributed by atoms with Crippen molar-refractivity contribution in [2.24, 2.45) is 0 Å². The second-order valence-corrected chi connectivity index (χ2v) is 5.10. The van der Waals surface area contributed by atoms with Gasteiger partial charge in [0.25, 0.3) is 5.91 Å². The Bertz CT molecular complexity index is 561. The predicted molar refractivity (Wildman–Crippen MR) is 73.9 cm³/mol. The molecule has 6 nitrogen and oxygen atoms in total. The number of hydrogen-bond acceptors (Lipinski definition) is 4. The highest BCUT2D eigenvalue weighted by molar-refractivity contribution is 5.97. The summed E-state index contributed by atoms with van der Waals surface area (Å²) < 4.78 is 40.5. The number of nitrogens with zero attached hydrogens (tertiary/aromatic N) is 1. The molecule has 0 radical (unpaired) electrons. The summed E-state index contributed by atoms with van der Waals surface area (Å²) in [5.74, 6) is -0.984. The van der Waals surface area contributed by atoms with Crippen molar-refractivity contribution in [2.45, 2.75) is 31.5 Å². The third-order valence-electron chi connectivity index (χ3n) is 3.22. The third kappa shape index (κ3) is 5.42. The summed E-state index contributed by atoms with van der Waals surface area (Å²) in [5, 5.41) is 5.28. The molecule has 1 atom stereocenters. The van der Waals surface area contributed by atoms with E-state index in [0.29, 0.717) is 13.0 Å². The number of rotatable bonds is 4. The average Bonchev–Trinajstić information content (AvgIpc) is 2.70. The molecule has 0 bridgehead atoms. The van der Waals surface area contributed by atoms with Crippen LogP contribution in [-0.4, -0.2) is 42.2 Å². The molecule has 0 aliphatic carbocycles. The van der Waals surface area contributed by atoms with E-state index in [2.05, 4.69) is 20.4 Å². The van der Waals surface area contributed by atoms with E-state index in [1.54, 1.807) is 0 Å². The first-order valence-corrected chi connectivity index (χ1v) is 7.09. The van der Waals surface area contributed by atoms with Gasteiger partial charge in [0.1, 0.15) is 6.04 Å². The topological polar surface area (TPSA) is 80.3 Å². The Labute approximate surface area is 130 Å². The summed E-state index contributed by atoms with van der Waals surface area (Å²) >= 11 is 0. The van der Waals surface area contributed by atoms with Crippen molar-refractivity contribution in [3.8, 4) is 5.88 Å². The van der Waals surface area contributed by atoms with Crippen molar-refractivity contribution in [1.29, 1.82) is 0 Å². The smallest absolute Gasteiger partial charge is 0.422 e. The van der Waals surface area contributed by atoms with Gasteiger partial charge >= 0.3 is 6.18 Å². The molecule has 1 aliphatic rings.